The van der Waals surface area contributed by atoms with E-state index in [0.29, 0.717) is 0 Å². The lowest BCUT2D eigenvalue weighted by Gasteiger charge is -2.07. The monoisotopic (exact) mass is 424 g/mol. The summed E-state index contributed by atoms with van der Waals surface area (Å²) in [6.45, 7) is 5.28. The van der Waals surface area contributed by atoms with Crippen LogP contribution in [0.4, 0.5) is 0 Å². The SMILES string of the molecule is CCCCCCCCCCc1ccc(-c2ncc(OCCCCCCCC)cn2)cc1. The minimum atomic E-state index is 0.752. The van der Waals surface area contributed by atoms with Crippen molar-refractivity contribution in [1.82, 2.24) is 9.97 Å². The third-order valence-electron chi connectivity index (χ3n) is 5.93. The summed E-state index contributed by atoms with van der Waals surface area (Å²) in [5, 5.41) is 0. The quantitative estimate of drug-likeness (QED) is 0.225. The van der Waals surface area contributed by atoms with Gasteiger partial charge in [0.25, 0.3) is 0 Å². The molecule has 0 bridgehead atoms. The predicted octanol–water partition coefficient (Wildman–Crippen LogP) is 8.57. The average molecular weight is 425 g/mol. The Morgan fingerprint density at radius 1 is 0.613 bits per heavy atom. The van der Waals surface area contributed by atoms with Crippen molar-refractivity contribution in [3.8, 4) is 17.1 Å². The standard InChI is InChI=1S/C28H44N2O/c1-3-5-7-9-11-12-13-15-17-25-18-20-26(21-19-25)28-29-23-27(24-30-28)31-22-16-14-10-8-6-4-2/h18-21,23-24H,3-17,22H2,1-2H3. The van der Waals surface area contributed by atoms with Gasteiger partial charge >= 0.3 is 0 Å². The molecule has 1 aromatic heterocycles. The zero-order valence-electron chi connectivity index (χ0n) is 20.1. The molecule has 0 spiro atoms. The second kappa shape index (κ2) is 16.8. The molecule has 172 valence electrons. The van der Waals surface area contributed by atoms with Crippen LogP contribution in [0.2, 0.25) is 0 Å². The Morgan fingerprint density at radius 2 is 1.13 bits per heavy atom. The zero-order valence-corrected chi connectivity index (χ0v) is 20.1. The Balaban J connectivity index is 1.63. The van der Waals surface area contributed by atoms with Crippen molar-refractivity contribution < 1.29 is 4.74 Å². The molecule has 3 nitrogen and oxygen atoms in total. The van der Waals surface area contributed by atoms with Crippen LogP contribution in [-0.4, -0.2) is 16.6 Å². The molecule has 0 radical (unpaired) electrons. The van der Waals surface area contributed by atoms with E-state index in [4.69, 9.17) is 4.74 Å². The molecule has 0 aliphatic rings. The van der Waals surface area contributed by atoms with Crippen LogP contribution in [0.25, 0.3) is 11.4 Å². The molecule has 0 unspecified atom stereocenters. The van der Waals surface area contributed by atoms with E-state index in [-0.39, 0.29) is 0 Å². The summed E-state index contributed by atoms with van der Waals surface area (Å²) in [6.07, 6.45) is 23.3. The smallest absolute Gasteiger partial charge is 0.159 e. The number of unbranched alkanes of at least 4 members (excludes halogenated alkanes) is 12. The van der Waals surface area contributed by atoms with Gasteiger partial charge in [0.05, 0.1) is 19.0 Å². The minimum absolute atomic E-state index is 0.752. The number of ether oxygens (including phenoxy) is 1. The molecule has 1 aromatic carbocycles. The molecule has 0 saturated carbocycles. The van der Waals surface area contributed by atoms with Crippen molar-refractivity contribution in [2.45, 2.75) is 110 Å². The van der Waals surface area contributed by atoms with Crippen molar-refractivity contribution in [1.29, 1.82) is 0 Å². The van der Waals surface area contributed by atoms with Crippen molar-refractivity contribution in [2.75, 3.05) is 6.61 Å². The van der Waals surface area contributed by atoms with E-state index >= 15 is 0 Å². The van der Waals surface area contributed by atoms with Gasteiger partial charge in [-0.2, -0.15) is 0 Å². The minimum Gasteiger partial charge on any atom is -0.490 e. The van der Waals surface area contributed by atoms with Crippen molar-refractivity contribution in [3.05, 3.63) is 42.2 Å². The van der Waals surface area contributed by atoms with Gasteiger partial charge in [0, 0.05) is 5.56 Å². The van der Waals surface area contributed by atoms with Crippen molar-refractivity contribution in [2.24, 2.45) is 0 Å². The summed E-state index contributed by atoms with van der Waals surface area (Å²) in [7, 11) is 0. The first-order chi connectivity index (χ1) is 15.3. The van der Waals surface area contributed by atoms with Gasteiger partial charge in [0.2, 0.25) is 0 Å². The zero-order chi connectivity index (χ0) is 22.0. The van der Waals surface area contributed by atoms with Crippen LogP contribution in [0.5, 0.6) is 5.75 Å². The molecular formula is C28H44N2O. The van der Waals surface area contributed by atoms with Gasteiger partial charge in [0.1, 0.15) is 0 Å². The maximum absolute atomic E-state index is 5.79. The molecule has 0 atom stereocenters. The molecule has 0 aliphatic heterocycles. The van der Waals surface area contributed by atoms with Crippen molar-refractivity contribution >= 4 is 0 Å². The topological polar surface area (TPSA) is 35.0 Å². The molecule has 0 aliphatic carbocycles. The summed E-state index contributed by atoms with van der Waals surface area (Å²) in [6, 6.07) is 8.74. The maximum atomic E-state index is 5.79. The van der Waals surface area contributed by atoms with Crippen LogP contribution in [0.15, 0.2) is 36.7 Å². The second-order valence-electron chi connectivity index (χ2n) is 8.78. The highest BCUT2D eigenvalue weighted by molar-refractivity contribution is 5.55. The first-order valence-electron chi connectivity index (χ1n) is 12.9. The van der Waals surface area contributed by atoms with Gasteiger partial charge in [-0.1, -0.05) is 115 Å². The van der Waals surface area contributed by atoms with Crippen LogP contribution in [-0.2, 0) is 6.42 Å². The molecule has 0 fully saturated rings. The molecule has 31 heavy (non-hydrogen) atoms. The number of hydrogen-bond donors (Lipinski definition) is 0. The number of aryl methyl sites for hydroxylation is 1. The van der Waals surface area contributed by atoms with E-state index in [9.17, 15) is 0 Å². The molecule has 2 aromatic rings. The predicted molar refractivity (Wildman–Crippen MR) is 133 cm³/mol. The summed E-state index contributed by atoms with van der Waals surface area (Å²) in [4.78, 5) is 9.00. The third kappa shape index (κ3) is 11.3. The first kappa shape index (κ1) is 25.4. The third-order valence-corrected chi connectivity index (χ3v) is 5.93. The molecule has 3 heteroatoms. The van der Waals surface area contributed by atoms with E-state index in [1.54, 1.807) is 12.4 Å². The molecule has 0 N–H and O–H groups in total. The lowest BCUT2D eigenvalue weighted by atomic mass is 10.0. The molecule has 0 amide bonds. The normalized spacial score (nSPS) is 11.0. The highest BCUT2D eigenvalue weighted by Crippen LogP contribution is 2.19. The molecule has 2 rings (SSSR count). The van der Waals surface area contributed by atoms with E-state index < -0.39 is 0 Å². The maximum Gasteiger partial charge on any atom is 0.159 e. The summed E-state index contributed by atoms with van der Waals surface area (Å²) < 4.78 is 5.79. The van der Waals surface area contributed by atoms with E-state index in [0.717, 1.165) is 30.2 Å². The van der Waals surface area contributed by atoms with Gasteiger partial charge in [-0.25, -0.2) is 9.97 Å². The highest BCUT2D eigenvalue weighted by atomic mass is 16.5. The van der Waals surface area contributed by atoms with E-state index in [2.05, 4.69) is 48.1 Å². The van der Waals surface area contributed by atoms with Gasteiger partial charge < -0.3 is 4.74 Å². The van der Waals surface area contributed by atoms with Crippen LogP contribution >= 0.6 is 0 Å². The number of hydrogen-bond acceptors (Lipinski definition) is 3. The Morgan fingerprint density at radius 3 is 1.71 bits per heavy atom. The van der Waals surface area contributed by atoms with Crippen molar-refractivity contribution in [3.63, 3.8) is 0 Å². The summed E-state index contributed by atoms with van der Waals surface area (Å²) >= 11 is 0. The highest BCUT2D eigenvalue weighted by Gasteiger charge is 2.03. The van der Waals surface area contributed by atoms with Crippen LogP contribution in [0, 0.1) is 0 Å². The Hall–Kier alpha value is -1.90. The van der Waals surface area contributed by atoms with Crippen LogP contribution in [0.1, 0.15) is 109 Å². The largest absolute Gasteiger partial charge is 0.490 e. The first-order valence-corrected chi connectivity index (χ1v) is 12.9. The Labute approximate surface area is 191 Å². The fourth-order valence-electron chi connectivity index (χ4n) is 3.90. The van der Waals surface area contributed by atoms with Gasteiger partial charge in [-0.15, -0.1) is 0 Å². The second-order valence-corrected chi connectivity index (χ2v) is 8.78. The van der Waals surface area contributed by atoms with Gasteiger partial charge in [-0.3, -0.25) is 0 Å². The van der Waals surface area contributed by atoms with Crippen LogP contribution in [0.3, 0.4) is 0 Å². The Kier molecular flexibility index (Phi) is 13.7. The average Bonchev–Trinajstić information content (AvgIpc) is 2.81. The fourth-order valence-corrected chi connectivity index (χ4v) is 3.90. The molecule has 1 heterocycles. The number of rotatable bonds is 18. The van der Waals surface area contributed by atoms with Gasteiger partial charge in [0.15, 0.2) is 11.6 Å². The lowest BCUT2D eigenvalue weighted by Crippen LogP contribution is -1.99. The summed E-state index contributed by atoms with van der Waals surface area (Å²) in [5.41, 5.74) is 2.48. The Bertz CT molecular complexity index is 666. The van der Waals surface area contributed by atoms with E-state index in [1.165, 1.54) is 95.5 Å². The number of nitrogens with zero attached hydrogens (tertiary/aromatic N) is 2. The van der Waals surface area contributed by atoms with Crippen LogP contribution < -0.4 is 4.74 Å². The number of aromatic nitrogens is 2. The van der Waals surface area contributed by atoms with Gasteiger partial charge in [-0.05, 0) is 24.8 Å². The summed E-state index contributed by atoms with van der Waals surface area (Å²) in [5.74, 6) is 1.54. The fraction of sp³-hybridized carbons (Fsp3) is 0.643. The number of benzene rings is 1. The van der Waals surface area contributed by atoms with E-state index in [1.807, 2.05) is 0 Å². The molecular weight excluding hydrogens is 380 g/mol. The molecule has 0 saturated heterocycles. The lowest BCUT2D eigenvalue weighted by molar-refractivity contribution is 0.302.